The molecule has 4 heteroatoms. The van der Waals surface area contributed by atoms with E-state index in [9.17, 15) is 9.59 Å². The molecular formula is C22H25NO3. The van der Waals surface area contributed by atoms with Crippen molar-refractivity contribution in [1.82, 2.24) is 0 Å². The van der Waals surface area contributed by atoms with Crippen LogP contribution in [0.15, 0.2) is 53.2 Å². The minimum atomic E-state index is -0.566. The summed E-state index contributed by atoms with van der Waals surface area (Å²) in [4.78, 5) is 30.1. The molecule has 2 atom stereocenters. The monoisotopic (exact) mass is 351 g/mol. The smallest absolute Gasteiger partial charge is 0.315 e. The van der Waals surface area contributed by atoms with E-state index < -0.39 is 5.92 Å². The number of aryl methyl sites for hydroxylation is 1. The number of Topliss-reactive ketones (excluding diaryl/α,β-unsaturated/α-hetero) is 1. The predicted molar refractivity (Wildman–Crippen MR) is 102 cm³/mol. The molecule has 1 aromatic carbocycles. The van der Waals surface area contributed by atoms with Gasteiger partial charge in [-0.1, -0.05) is 43.8 Å². The summed E-state index contributed by atoms with van der Waals surface area (Å²) < 4.78 is 5.34. The van der Waals surface area contributed by atoms with E-state index in [-0.39, 0.29) is 24.3 Å². The van der Waals surface area contributed by atoms with E-state index in [1.807, 2.05) is 19.1 Å². The molecule has 0 N–H and O–H groups in total. The second kappa shape index (κ2) is 7.81. The van der Waals surface area contributed by atoms with Crippen molar-refractivity contribution in [1.29, 1.82) is 0 Å². The lowest BCUT2D eigenvalue weighted by molar-refractivity contribution is -0.145. The average molecular weight is 351 g/mol. The van der Waals surface area contributed by atoms with Crippen LogP contribution in [0.25, 0.3) is 0 Å². The molecule has 0 saturated carbocycles. The van der Waals surface area contributed by atoms with Gasteiger partial charge < -0.3 is 4.74 Å². The molecule has 4 nitrogen and oxygen atoms in total. The van der Waals surface area contributed by atoms with Crippen molar-refractivity contribution >= 4 is 17.5 Å². The van der Waals surface area contributed by atoms with Crippen molar-refractivity contribution in [3.63, 3.8) is 0 Å². The lowest BCUT2D eigenvalue weighted by atomic mass is 9.71. The van der Waals surface area contributed by atoms with Crippen molar-refractivity contribution in [2.24, 2.45) is 10.9 Å². The third kappa shape index (κ3) is 3.41. The molecule has 0 radical (unpaired) electrons. The van der Waals surface area contributed by atoms with Gasteiger partial charge in [0.15, 0.2) is 5.78 Å². The van der Waals surface area contributed by atoms with Crippen molar-refractivity contribution in [2.45, 2.75) is 45.4 Å². The molecule has 0 spiro atoms. The SMILES string of the molecule is C=CCOC(=O)[C@H]1C(C)=NC2=C(C(=O)CCC2)[C@@H]1c1ccc(CC)cc1. The van der Waals surface area contributed by atoms with Crippen molar-refractivity contribution in [2.75, 3.05) is 6.61 Å². The highest BCUT2D eigenvalue weighted by Gasteiger charge is 2.42. The Morgan fingerprint density at radius 3 is 2.69 bits per heavy atom. The van der Waals surface area contributed by atoms with Crippen LogP contribution in [-0.2, 0) is 20.7 Å². The Balaban J connectivity index is 2.08. The lowest BCUT2D eigenvalue weighted by Gasteiger charge is -2.34. The molecule has 0 unspecified atom stereocenters. The molecule has 26 heavy (non-hydrogen) atoms. The Bertz CT molecular complexity index is 786. The number of allylic oxidation sites excluding steroid dienone is 2. The highest BCUT2D eigenvalue weighted by atomic mass is 16.5. The molecule has 1 aliphatic carbocycles. The molecule has 2 aliphatic rings. The van der Waals surface area contributed by atoms with Gasteiger partial charge in [-0.2, -0.15) is 0 Å². The highest BCUT2D eigenvalue weighted by molar-refractivity contribution is 6.08. The number of aliphatic imine (C=N–C) groups is 1. The number of ketones is 1. The van der Waals surface area contributed by atoms with E-state index in [0.29, 0.717) is 12.0 Å². The second-order valence-electron chi connectivity index (χ2n) is 6.86. The van der Waals surface area contributed by atoms with Gasteiger partial charge >= 0.3 is 5.97 Å². The van der Waals surface area contributed by atoms with Crippen LogP contribution in [0.2, 0.25) is 0 Å². The summed E-state index contributed by atoms with van der Waals surface area (Å²) in [5, 5.41) is 0. The normalized spacial score (nSPS) is 22.5. The fourth-order valence-electron chi connectivity index (χ4n) is 3.86. The summed E-state index contributed by atoms with van der Waals surface area (Å²) in [6.07, 6.45) is 4.63. The molecule has 1 heterocycles. The topological polar surface area (TPSA) is 55.7 Å². The first-order chi connectivity index (χ1) is 12.6. The molecule has 0 amide bonds. The van der Waals surface area contributed by atoms with Crippen LogP contribution < -0.4 is 0 Å². The first-order valence-corrected chi connectivity index (χ1v) is 9.24. The summed E-state index contributed by atoms with van der Waals surface area (Å²) in [6.45, 7) is 7.72. The van der Waals surface area contributed by atoms with E-state index in [4.69, 9.17) is 4.74 Å². The Hall–Kier alpha value is -2.49. The maximum atomic E-state index is 12.8. The van der Waals surface area contributed by atoms with E-state index >= 15 is 0 Å². The molecule has 0 bridgehead atoms. The number of nitrogens with zero attached hydrogens (tertiary/aromatic N) is 1. The first-order valence-electron chi connectivity index (χ1n) is 9.24. The maximum absolute atomic E-state index is 12.8. The fourth-order valence-corrected chi connectivity index (χ4v) is 3.86. The van der Waals surface area contributed by atoms with Crippen LogP contribution in [0.1, 0.15) is 50.2 Å². The van der Waals surface area contributed by atoms with Crippen molar-refractivity contribution < 1.29 is 14.3 Å². The average Bonchev–Trinajstić information content (AvgIpc) is 2.65. The molecule has 3 rings (SSSR count). The molecule has 0 aromatic heterocycles. The number of ether oxygens (including phenoxy) is 1. The van der Waals surface area contributed by atoms with E-state index in [2.05, 4.69) is 30.6 Å². The van der Waals surface area contributed by atoms with E-state index in [0.717, 1.165) is 36.2 Å². The van der Waals surface area contributed by atoms with Gasteiger partial charge in [-0.15, -0.1) is 0 Å². The third-order valence-electron chi connectivity index (χ3n) is 5.18. The van der Waals surface area contributed by atoms with Gasteiger partial charge in [0.25, 0.3) is 0 Å². The van der Waals surface area contributed by atoms with Crippen molar-refractivity contribution in [3.8, 4) is 0 Å². The van der Waals surface area contributed by atoms with Gasteiger partial charge in [-0.25, -0.2) is 0 Å². The van der Waals surface area contributed by atoms with Crippen LogP contribution in [-0.4, -0.2) is 24.1 Å². The fraction of sp³-hybridized carbons (Fsp3) is 0.409. The Kier molecular flexibility index (Phi) is 5.50. The summed E-state index contributed by atoms with van der Waals surface area (Å²) in [5.74, 6) is -1.13. The minimum absolute atomic E-state index is 0.105. The van der Waals surface area contributed by atoms with Gasteiger partial charge in [0.05, 0.1) is 0 Å². The molecule has 0 saturated heterocycles. The summed E-state index contributed by atoms with van der Waals surface area (Å²) in [6, 6.07) is 8.19. The van der Waals surface area contributed by atoms with Gasteiger partial charge in [-0.3, -0.25) is 14.6 Å². The van der Waals surface area contributed by atoms with Gasteiger partial charge in [0, 0.05) is 29.3 Å². The number of hydrogen-bond donors (Lipinski definition) is 0. The maximum Gasteiger partial charge on any atom is 0.315 e. The standard InChI is InChI=1S/C22H25NO3/c1-4-13-26-22(25)19-14(3)23-17-7-6-8-18(24)21(17)20(19)16-11-9-15(5-2)10-12-16/h4,9-12,19-20H,1,5-8,13H2,2-3H3/t19-,20+/m0/s1. The summed E-state index contributed by atoms with van der Waals surface area (Å²) >= 11 is 0. The second-order valence-corrected chi connectivity index (χ2v) is 6.86. The minimum Gasteiger partial charge on any atom is -0.461 e. The molecule has 136 valence electrons. The largest absolute Gasteiger partial charge is 0.461 e. The number of carbonyl (C=O) groups excluding carboxylic acids is 2. The van der Waals surface area contributed by atoms with Crippen LogP contribution >= 0.6 is 0 Å². The van der Waals surface area contributed by atoms with Crippen LogP contribution in [0.3, 0.4) is 0 Å². The highest BCUT2D eigenvalue weighted by Crippen LogP contribution is 2.43. The number of carbonyl (C=O) groups is 2. The molecule has 1 aromatic rings. The van der Waals surface area contributed by atoms with Crippen LogP contribution in [0.5, 0.6) is 0 Å². The molecular weight excluding hydrogens is 326 g/mol. The van der Waals surface area contributed by atoms with E-state index in [1.165, 1.54) is 5.56 Å². The van der Waals surface area contributed by atoms with Crippen molar-refractivity contribution in [3.05, 3.63) is 59.3 Å². The number of esters is 1. The summed E-state index contributed by atoms with van der Waals surface area (Å²) in [5.41, 5.74) is 4.46. The quantitative estimate of drug-likeness (QED) is 0.591. The Labute approximate surface area is 154 Å². The predicted octanol–water partition coefficient (Wildman–Crippen LogP) is 4.16. The molecule has 0 fully saturated rings. The molecule has 1 aliphatic heterocycles. The van der Waals surface area contributed by atoms with Crippen LogP contribution in [0.4, 0.5) is 0 Å². The third-order valence-corrected chi connectivity index (χ3v) is 5.18. The van der Waals surface area contributed by atoms with Gasteiger partial charge in [0.1, 0.15) is 12.5 Å². The Morgan fingerprint density at radius 2 is 2.04 bits per heavy atom. The van der Waals surface area contributed by atoms with Gasteiger partial charge in [0.2, 0.25) is 0 Å². The van der Waals surface area contributed by atoms with E-state index in [1.54, 1.807) is 6.08 Å². The number of hydrogen-bond acceptors (Lipinski definition) is 4. The van der Waals surface area contributed by atoms with Gasteiger partial charge in [-0.05, 0) is 37.3 Å². The zero-order valence-electron chi connectivity index (χ0n) is 15.5. The zero-order valence-corrected chi connectivity index (χ0v) is 15.5. The number of benzene rings is 1. The lowest BCUT2D eigenvalue weighted by Crippen LogP contribution is -2.37. The zero-order chi connectivity index (χ0) is 18.7. The first kappa shape index (κ1) is 18.3. The summed E-state index contributed by atoms with van der Waals surface area (Å²) in [7, 11) is 0. The Morgan fingerprint density at radius 1 is 1.31 bits per heavy atom. The number of rotatable bonds is 5. The van der Waals surface area contributed by atoms with Crippen LogP contribution in [0, 0.1) is 5.92 Å².